The summed E-state index contributed by atoms with van der Waals surface area (Å²) < 4.78 is 16.8. The van der Waals surface area contributed by atoms with Crippen LogP contribution in [0.5, 0.6) is 0 Å². The summed E-state index contributed by atoms with van der Waals surface area (Å²) in [6.45, 7) is 6.46. The van der Waals surface area contributed by atoms with Crippen molar-refractivity contribution in [2.45, 2.75) is 297 Å². The first-order chi connectivity index (χ1) is 35.0. The molecule has 0 aromatic rings. The van der Waals surface area contributed by atoms with Crippen molar-refractivity contribution in [2.24, 2.45) is 0 Å². The third-order valence-electron chi connectivity index (χ3n) is 12.9. The Labute approximate surface area is 439 Å². The molecule has 1 unspecified atom stereocenters. The SMILES string of the molecule is CC/C=C\C/C=C\C/C=C\C/C=C\C/C=C\CCCCCCCCCCCCCCCCCC(=O)OCC(COC(=O)CCCCCCCCC)OC(=O)CCCCCCC/C=C\C/C=C\CCCCC. The van der Waals surface area contributed by atoms with Crippen molar-refractivity contribution in [1.29, 1.82) is 0 Å². The molecule has 0 spiro atoms. The Morgan fingerprint density at radius 2 is 0.549 bits per heavy atom. The second kappa shape index (κ2) is 59.2. The van der Waals surface area contributed by atoms with Crippen LogP contribution in [-0.2, 0) is 28.6 Å². The molecule has 1 atom stereocenters. The minimum Gasteiger partial charge on any atom is -0.462 e. The molecule has 0 rings (SSSR count). The Morgan fingerprint density at radius 3 is 0.887 bits per heavy atom. The Hall–Kier alpha value is -3.41. The fourth-order valence-corrected chi connectivity index (χ4v) is 8.38. The molecule has 0 N–H and O–H groups in total. The van der Waals surface area contributed by atoms with Gasteiger partial charge in [0, 0.05) is 19.3 Å². The van der Waals surface area contributed by atoms with Crippen molar-refractivity contribution < 1.29 is 28.6 Å². The van der Waals surface area contributed by atoms with E-state index in [4.69, 9.17) is 14.2 Å². The number of hydrogen-bond donors (Lipinski definition) is 0. The maximum atomic E-state index is 12.8. The third kappa shape index (κ3) is 57.4. The maximum absolute atomic E-state index is 12.8. The molecule has 0 bridgehead atoms. The maximum Gasteiger partial charge on any atom is 0.306 e. The van der Waals surface area contributed by atoms with Gasteiger partial charge in [-0.25, -0.2) is 0 Å². The first kappa shape index (κ1) is 67.6. The standard InChI is InChI=1S/C65H112O6/c1-4-7-10-13-16-18-20-22-24-25-26-27-28-29-30-31-32-33-34-35-36-37-38-39-41-42-44-46-49-52-55-58-64(67)70-61-62(60-69-63(66)57-54-51-48-15-12-9-6-3)71-65(68)59-56-53-50-47-45-43-40-23-21-19-17-14-11-8-5-2/h7,10,16-19,22-24,26-27,29-30,40,62H,4-6,8-9,11-15,20-21,25,28,31-39,41-61H2,1-3H3/b10-7-,18-16-,19-17-,24-22-,27-26-,30-29-,40-23-. The normalized spacial score (nSPS) is 12.7. The van der Waals surface area contributed by atoms with Crippen LogP contribution < -0.4 is 0 Å². The third-order valence-corrected chi connectivity index (χ3v) is 12.9. The highest BCUT2D eigenvalue weighted by Gasteiger charge is 2.19. The molecule has 6 nitrogen and oxygen atoms in total. The van der Waals surface area contributed by atoms with E-state index in [1.807, 2.05) is 0 Å². The van der Waals surface area contributed by atoms with Crippen LogP contribution in [0.3, 0.4) is 0 Å². The van der Waals surface area contributed by atoms with E-state index in [1.54, 1.807) is 0 Å². The Balaban J connectivity index is 4.06. The van der Waals surface area contributed by atoms with Gasteiger partial charge in [0.1, 0.15) is 13.2 Å². The van der Waals surface area contributed by atoms with Gasteiger partial charge < -0.3 is 14.2 Å². The molecular formula is C65H112O6. The Kier molecular flexibility index (Phi) is 56.3. The van der Waals surface area contributed by atoms with E-state index in [1.165, 1.54) is 135 Å². The van der Waals surface area contributed by atoms with Gasteiger partial charge in [0.2, 0.25) is 0 Å². The molecule has 0 aliphatic carbocycles. The predicted octanol–water partition coefficient (Wildman–Crippen LogP) is 20.3. The molecule has 0 amide bonds. The zero-order valence-corrected chi connectivity index (χ0v) is 46.7. The van der Waals surface area contributed by atoms with E-state index >= 15 is 0 Å². The molecule has 0 heterocycles. The van der Waals surface area contributed by atoms with Crippen molar-refractivity contribution in [3.8, 4) is 0 Å². The molecule has 0 aliphatic rings. The molecule has 0 aromatic heterocycles. The molecule has 6 heteroatoms. The number of allylic oxidation sites excluding steroid dienone is 14. The van der Waals surface area contributed by atoms with Crippen LogP contribution in [0.15, 0.2) is 85.1 Å². The van der Waals surface area contributed by atoms with Crippen molar-refractivity contribution in [2.75, 3.05) is 13.2 Å². The molecule has 0 saturated heterocycles. The summed E-state index contributed by atoms with van der Waals surface area (Å²) in [4.78, 5) is 37.9. The van der Waals surface area contributed by atoms with E-state index in [-0.39, 0.29) is 31.1 Å². The highest BCUT2D eigenvalue weighted by molar-refractivity contribution is 5.71. The average Bonchev–Trinajstić information content (AvgIpc) is 3.37. The quantitative estimate of drug-likeness (QED) is 0.0261. The number of esters is 3. The van der Waals surface area contributed by atoms with Crippen LogP contribution in [0.1, 0.15) is 290 Å². The van der Waals surface area contributed by atoms with Gasteiger partial charge in [-0.05, 0) is 96.3 Å². The highest BCUT2D eigenvalue weighted by atomic mass is 16.6. The fraction of sp³-hybridized carbons (Fsp3) is 0.738. The number of carbonyl (C=O) groups is 3. The lowest BCUT2D eigenvalue weighted by Crippen LogP contribution is -2.30. The van der Waals surface area contributed by atoms with Crippen LogP contribution in [0.25, 0.3) is 0 Å². The Bertz CT molecular complexity index is 1370. The molecule has 0 radical (unpaired) electrons. The van der Waals surface area contributed by atoms with E-state index in [0.717, 1.165) is 116 Å². The lowest BCUT2D eigenvalue weighted by Gasteiger charge is -2.18. The minimum absolute atomic E-state index is 0.0794. The van der Waals surface area contributed by atoms with Crippen LogP contribution >= 0.6 is 0 Å². The van der Waals surface area contributed by atoms with Crippen molar-refractivity contribution >= 4 is 17.9 Å². The lowest BCUT2D eigenvalue weighted by molar-refractivity contribution is -0.167. The summed E-state index contributed by atoms with van der Waals surface area (Å²) in [6, 6.07) is 0. The van der Waals surface area contributed by atoms with Gasteiger partial charge >= 0.3 is 17.9 Å². The zero-order chi connectivity index (χ0) is 51.4. The number of unbranched alkanes of at least 4 members (excludes halogenated alkanes) is 29. The largest absolute Gasteiger partial charge is 0.462 e. The van der Waals surface area contributed by atoms with E-state index < -0.39 is 6.10 Å². The smallest absolute Gasteiger partial charge is 0.306 e. The molecule has 0 aliphatic heterocycles. The summed E-state index contributed by atoms with van der Waals surface area (Å²) in [5, 5.41) is 0. The van der Waals surface area contributed by atoms with Gasteiger partial charge in [-0.2, -0.15) is 0 Å². The summed E-state index contributed by atoms with van der Waals surface area (Å²) in [5.74, 6) is -0.893. The summed E-state index contributed by atoms with van der Waals surface area (Å²) in [7, 11) is 0. The number of ether oxygens (including phenoxy) is 3. The highest BCUT2D eigenvalue weighted by Crippen LogP contribution is 2.16. The second-order valence-electron chi connectivity index (χ2n) is 19.9. The zero-order valence-electron chi connectivity index (χ0n) is 46.7. The van der Waals surface area contributed by atoms with Crippen molar-refractivity contribution in [1.82, 2.24) is 0 Å². The molecule has 0 fully saturated rings. The van der Waals surface area contributed by atoms with Crippen LogP contribution in [0.2, 0.25) is 0 Å². The van der Waals surface area contributed by atoms with Crippen LogP contribution in [0, 0.1) is 0 Å². The topological polar surface area (TPSA) is 78.9 Å². The van der Waals surface area contributed by atoms with Gasteiger partial charge in [0.05, 0.1) is 0 Å². The lowest BCUT2D eigenvalue weighted by atomic mass is 10.0. The number of rotatable bonds is 54. The van der Waals surface area contributed by atoms with Gasteiger partial charge in [-0.3, -0.25) is 14.4 Å². The predicted molar refractivity (Wildman–Crippen MR) is 307 cm³/mol. The summed E-state index contributed by atoms with van der Waals surface area (Å²) in [6.07, 6.45) is 77.5. The summed E-state index contributed by atoms with van der Waals surface area (Å²) in [5.41, 5.74) is 0. The Morgan fingerprint density at radius 1 is 0.296 bits per heavy atom. The first-order valence-electron chi connectivity index (χ1n) is 30.1. The van der Waals surface area contributed by atoms with Crippen LogP contribution in [-0.4, -0.2) is 37.2 Å². The second-order valence-corrected chi connectivity index (χ2v) is 19.9. The summed E-state index contributed by atoms with van der Waals surface area (Å²) >= 11 is 0. The molecular weight excluding hydrogens is 877 g/mol. The molecule has 408 valence electrons. The van der Waals surface area contributed by atoms with Crippen LogP contribution in [0.4, 0.5) is 0 Å². The van der Waals surface area contributed by atoms with Gasteiger partial charge in [-0.1, -0.05) is 260 Å². The van der Waals surface area contributed by atoms with E-state index in [0.29, 0.717) is 19.3 Å². The number of carbonyl (C=O) groups excluding carboxylic acids is 3. The number of hydrogen-bond acceptors (Lipinski definition) is 6. The van der Waals surface area contributed by atoms with Gasteiger partial charge in [-0.15, -0.1) is 0 Å². The van der Waals surface area contributed by atoms with Gasteiger partial charge in [0.25, 0.3) is 0 Å². The van der Waals surface area contributed by atoms with Gasteiger partial charge in [0.15, 0.2) is 6.10 Å². The average molecular weight is 990 g/mol. The van der Waals surface area contributed by atoms with Crippen molar-refractivity contribution in [3.05, 3.63) is 85.1 Å². The first-order valence-corrected chi connectivity index (χ1v) is 30.1. The van der Waals surface area contributed by atoms with E-state index in [9.17, 15) is 14.4 Å². The molecule has 71 heavy (non-hydrogen) atoms. The van der Waals surface area contributed by atoms with E-state index in [2.05, 4.69) is 106 Å². The monoisotopic (exact) mass is 989 g/mol. The van der Waals surface area contributed by atoms with Crippen molar-refractivity contribution in [3.63, 3.8) is 0 Å². The minimum atomic E-state index is -0.779. The fourth-order valence-electron chi connectivity index (χ4n) is 8.38. The molecule has 0 saturated carbocycles. The molecule has 0 aromatic carbocycles.